The lowest BCUT2D eigenvalue weighted by Crippen LogP contribution is -2.51. The van der Waals surface area contributed by atoms with E-state index in [9.17, 15) is 5.11 Å². The molecule has 1 aromatic heterocycles. The molecular formula is C23H31N3O. The van der Waals surface area contributed by atoms with Gasteiger partial charge < -0.3 is 14.6 Å². The number of hydrogen-bond acceptors (Lipinski definition) is 3. The van der Waals surface area contributed by atoms with Crippen molar-refractivity contribution in [3.8, 4) is 0 Å². The fourth-order valence-electron chi connectivity index (χ4n) is 4.56. The predicted molar refractivity (Wildman–Crippen MR) is 113 cm³/mol. The van der Waals surface area contributed by atoms with Crippen LogP contribution in [0.3, 0.4) is 0 Å². The molecule has 0 bridgehead atoms. The number of aliphatic hydroxyl groups excluding tert-OH is 1. The minimum atomic E-state index is -0.439. The van der Waals surface area contributed by atoms with Crippen molar-refractivity contribution in [2.24, 2.45) is 0 Å². The van der Waals surface area contributed by atoms with Crippen molar-refractivity contribution in [2.75, 3.05) is 32.7 Å². The first-order valence-electron chi connectivity index (χ1n) is 10.3. The largest absolute Gasteiger partial charge is 0.390 e. The standard InChI is InChI=1S/C23H31N3O/c1-3-4-13-24-14-16-25(17-15-24)23(18(2)27)26-21-11-7-5-9-19(21)20-10-6-8-12-22(20)26/h5-12,18,23,27H,3-4,13-17H2,1-2H3. The fraction of sp³-hybridized carbons (Fsp3) is 0.478. The fourth-order valence-corrected chi connectivity index (χ4v) is 4.56. The van der Waals surface area contributed by atoms with E-state index in [0.717, 1.165) is 26.2 Å². The molecule has 1 N–H and O–H groups in total. The summed E-state index contributed by atoms with van der Waals surface area (Å²) in [5.74, 6) is 0. The van der Waals surface area contributed by atoms with E-state index >= 15 is 0 Å². The number of rotatable bonds is 6. The second-order valence-electron chi connectivity index (χ2n) is 7.79. The van der Waals surface area contributed by atoms with Gasteiger partial charge in [0.2, 0.25) is 0 Å². The molecular weight excluding hydrogens is 334 g/mol. The molecule has 0 spiro atoms. The van der Waals surface area contributed by atoms with E-state index in [1.54, 1.807) is 0 Å². The molecule has 0 radical (unpaired) electrons. The Morgan fingerprint density at radius 3 is 1.96 bits per heavy atom. The highest BCUT2D eigenvalue weighted by atomic mass is 16.3. The minimum Gasteiger partial charge on any atom is -0.390 e. The van der Waals surface area contributed by atoms with Crippen molar-refractivity contribution in [3.63, 3.8) is 0 Å². The zero-order valence-corrected chi connectivity index (χ0v) is 16.5. The average molecular weight is 366 g/mol. The Kier molecular flexibility index (Phi) is 5.48. The topological polar surface area (TPSA) is 31.6 Å². The smallest absolute Gasteiger partial charge is 0.113 e. The number of benzene rings is 2. The van der Waals surface area contributed by atoms with E-state index in [4.69, 9.17) is 0 Å². The van der Waals surface area contributed by atoms with Gasteiger partial charge in [-0.1, -0.05) is 49.7 Å². The lowest BCUT2D eigenvalue weighted by molar-refractivity contribution is -0.00552. The van der Waals surface area contributed by atoms with Gasteiger partial charge in [0, 0.05) is 37.0 Å². The quantitative estimate of drug-likeness (QED) is 0.714. The van der Waals surface area contributed by atoms with Crippen molar-refractivity contribution in [3.05, 3.63) is 48.5 Å². The van der Waals surface area contributed by atoms with Crippen LogP contribution in [0.4, 0.5) is 0 Å². The number of nitrogens with zero attached hydrogens (tertiary/aromatic N) is 3. The maximum Gasteiger partial charge on any atom is 0.113 e. The van der Waals surface area contributed by atoms with Gasteiger partial charge in [-0.05, 0) is 32.0 Å². The molecule has 1 aliphatic heterocycles. The maximum atomic E-state index is 10.8. The molecule has 0 aliphatic carbocycles. The van der Waals surface area contributed by atoms with Crippen LogP contribution in [0.15, 0.2) is 48.5 Å². The number of unbranched alkanes of at least 4 members (excludes halogenated alkanes) is 1. The Hall–Kier alpha value is -1.88. The number of piperazine rings is 1. The van der Waals surface area contributed by atoms with E-state index in [1.165, 1.54) is 41.2 Å². The second kappa shape index (κ2) is 8.01. The molecule has 4 nitrogen and oxygen atoms in total. The first-order chi connectivity index (χ1) is 13.2. The summed E-state index contributed by atoms with van der Waals surface area (Å²) in [6.45, 7) is 9.54. The Morgan fingerprint density at radius 2 is 1.44 bits per heavy atom. The van der Waals surface area contributed by atoms with Gasteiger partial charge in [0.15, 0.2) is 0 Å². The molecule has 4 rings (SSSR count). The number of fused-ring (bicyclic) bond motifs is 3. The molecule has 0 saturated carbocycles. The first-order valence-corrected chi connectivity index (χ1v) is 10.3. The Balaban J connectivity index is 1.71. The summed E-state index contributed by atoms with van der Waals surface area (Å²) in [5.41, 5.74) is 2.41. The highest BCUT2D eigenvalue weighted by Gasteiger charge is 2.30. The molecule has 144 valence electrons. The predicted octanol–water partition coefficient (Wildman–Crippen LogP) is 4.09. The average Bonchev–Trinajstić information content (AvgIpc) is 3.02. The van der Waals surface area contributed by atoms with Crippen LogP contribution < -0.4 is 0 Å². The van der Waals surface area contributed by atoms with Gasteiger partial charge in [-0.15, -0.1) is 0 Å². The molecule has 3 aromatic rings. The van der Waals surface area contributed by atoms with Crippen LogP contribution in [-0.2, 0) is 0 Å². The van der Waals surface area contributed by atoms with Crippen LogP contribution >= 0.6 is 0 Å². The lowest BCUT2D eigenvalue weighted by atomic mass is 10.2. The van der Waals surface area contributed by atoms with Gasteiger partial charge in [-0.3, -0.25) is 4.90 Å². The number of aliphatic hydroxyl groups is 1. The summed E-state index contributed by atoms with van der Waals surface area (Å²) in [6, 6.07) is 17.1. The van der Waals surface area contributed by atoms with E-state index in [2.05, 4.69) is 69.8 Å². The molecule has 2 unspecified atom stereocenters. The molecule has 1 saturated heterocycles. The van der Waals surface area contributed by atoms with Crippen molar-refractivity contribution in [2.45, 2.75) is 39.0 Å². The number of para-hydroxylation sites is 2. The highest BCUT2D eigenvalue weighted by molar-refractivity contribution is 6.08. The van der Waals surface area contributed by atoms with Gasteiger partial charge >= 0.3 is 0 Å². The zero-order chi connectivity index (χ0) is 18.8. The SMILES string of the molecule is CCCCN1CCN(C(C(C)O)n2c3ccccc3c3ccccc32)CC1. The summed E-state index contributed by atoms with van der Waals surface area (Å²) >= 11 is 0. The minimum absolute atomic E-state index is 0.0388. The number of aromatic nitrogens is 1. The third kappa shape index (κ3) is 3.49. The van der Waals surface area contributed by atoms with Crippen molar-refractivity contribution >= 4 is 21.8 Å². The zero-order valence-electron chi connectivity index (χ0n) is 16.5. The molecule has 27 heavy (non-hydrogen) atoms. The summed E-state index contributed by atoms with van der Waals surface area (Å²) < 4.78 is 2.36. The Labute approximate surface area is 162 Å². The lowest BCUT2D eigenvalue weighted by Gasteiger charge is -2.41. The molecule has 2 aromatic carbocycles. The molecule has 1 aliphatic rings. The maximum absolute atomic E-state index is 10.8. The van der Waals surface area contributed by atoms with E-state index in [1.807, 2.05) is 6.92 Å². The third-order valence-electron chi connectivity index (χ3n) is 5.92. The summed E-state index contributed by atoms with van der Waals surface area (Å²) in [5, 5.41) is 13.3. The van der Waals surface area contributed by atoms with Crippen LogP contribution in [0.1, 0.15) is 32.9 Å². The van der Waals surface area contributed by atoms with Gasteiger partial charge in [-0.2, -0.15) is 0 Å². The highest BCUT2D eigenvalue weighted by Crippen LogP contribution is 2.34. The summed E-state index contributed by atoms with van der Waals surface area (Å²) in [7, 11) is 0. The van der Waals surface area contributed by atoms with Crippen LogP contribution in [0, 0.1) is 0 Å². The third-order valence-corrected chi connectivity index (χ3v) is 5.92. The van der Waals surface area contributed by atoms with Crippen LogP contribution in [0.5, 0.6) is 0 Å². The summed E-state index contributed by atoms with van der Waals surface area (Å²) in [4.78, 5) is 5.02. The monoisotopic (exact) mass is 365 g/mol. The van der Waals surface area contributed by atoms with Gasteiger partial charge in [0.1, 0.15) is 6.17 Å². The van der Waals surface area contributed by atoms with Crippen molar-refractivity contribution in [1.29, 1.82) is 0 Å². The molecule has 2 atom stereocenters. The van der Waals surface area contributed by atoms with Crippen molar-refractivity contribution < 1.29 is 5.11 Å². The Morgan fingerprint density at radius 1 is 0.889 bits per heavy atom. The van der Waals surface area contributed by atoms with Crippen LogP contribution in [-0.4, -0.2) is 58.3 Å². The number of hydrogen-bond donors (Lipinski definition) is 1. The van der Waals surface area contributed by atoms with E-state index in [-0.39, 0.29) is 6.17 Å². The van der Waals surface area contributed by atoms with Gasteiger partial charge in [0.25, 0.3) is 0 Å². The first kappa shape index (κ1) is 18.5. The normalized spacial score (nSPS) is 18.9. The summed E-state index contributed by atoms with van der Waals surface area (Å²) in [6.07, 6.45) is 2.04. The van der Waals surface area contributed by atoms with Gasteiger partial charge in [0.05, 0.1) is 17.1 Å². The molecule has 1 fully saturated rings. The van der Waals surface area contributed by atoms with E-state index < -0.39 is 6.10 Å². The van der Waals surface area contributed by atoms with Crippen LogP contribution in [0.25, 0.3) is 21.8 Å². The van der Waals surface area contributed by atoms with E-state index in [0.29, 0.717) is 0 Å². The second-order valence-corrected chi connectivity index (χ2v) is 7.79. The van der Waals surface area contributed by atoms with Crippen LogP contribution in [0.2, 0.25) is 0 Å². The molecule has 4 heteroatoms. The van der Waals surface area contributed by atoms with Crippen molar-refractivity contribution in [1.82, 2.24) is 14.4 Å². The molecule has 0 amide bonds. The van der Waals surface area contributed by atoms with Gasteiger partial charge in [-0.25, -0.2) is 0 Å². The molecule has 2 heterocycles. The Bertz CT molecular complexity index is 840.